The molecule has 0 spiro atoms. The highest BCUT2D eigenvalue weighted by molar-refractivity contribution is 7.97. The normalized spacial score (nSPS) is 11.2. The van der Waals surface area contributed by atoms with Gasteiger partial charge in [0.1, 0.15) is 18.0 Å². The zero-order valence-electron chi connectivity index (χ0n) is 11.5. The van der Waals surface area contributed by atoms with Crippen LogP contribution < -0.4 is 11.5 Å². The molecule has 2 aromatic heterocycles. The van der Waals surface area contributed by atoms with E-state index in [-0.39, 0.29) is 11.9 Å². The molecule has 2 heterocycles. The zero-order valence-corrected chi connectivity index (χ0v) is 12.3. The van der Waals surface area contributed by atoms with Crippen molar-refractivity contribution < 1.29 is 0 Å². The number of rotatable bonds is 6. The number of nitrogens with two attached hydrogens (primary N) is 2. The quantitative estimate of drug-likeness (QED) is 0.799. The van der Waals surface area contributed by atoms with Gasteiger partial charge in [-0.1, -0.05) is 13.8 Å². The Morgan fingerprint density at radius 2 is 1.85 bits per heavy atom. The van der Waals surface area contributed by atoms with Crippen molar-refractivity contribution in [1.82, 2.24) is 29.7 Å². The van der Waals surface area contributed by atoms with E-state index in [9.17, 15) is 0 Å². The highest BCUT2D eigenvalue weighted by Gasteiger charge is 2.08. The largest absolute Gasteiger partial charge is 0.368 e. The molecule has 0 saturated heterocycles. The molecule has 4 N–H and O–H groups in total. The summed E-state index contributed by atoms with van der Waals surface area (Å²) in [5.41, 5.74) is 11.1. The van der Waals surface area contributed by atoms with Gasteiger partial charge in [0.2, 0.25) is 11.9 Å². The molecule has 2 aromatic rings. The number of hydrogen-bond acceptors (Lipinski definition) is 8. The fourth-order valence-corrected chi connectivity index (χ4v) is 2.47. The number of anilines is 2. The van der Waals surface area contributed by atoms with Crippen molar-refractivity contribution in [3.05, 3.63) is 18.0 Å². The zero-order chi connectivity index (χ0) is 14.5. The predicted molar refractivity (Wildman–Crippen MR) is 78.5 cm³/mol. The van der Waals surface area contributed by atoms with Crippen molar-refractivity contribution in [2.24, 2.45) is 5.92 Å². The van der Waals surface area contributed by atoms with Gasteiger partial charge < -0.3 is 11.5 Å². The van der Waals surface area contributed by atoms with Crippen molar-refractivity contribution >= 4 is 23.7 Å². The Labute approximate surface area is 121 Å². The summed E-state index contributed by atoms with van der Waals surface area (Å²) < 4.78 is 1.92. The van der Waals surface area contributed by atoms with E-state index in [1.807, 2.05) is 4.68 Å². The highest BCUT2D eigenvalue weighted by Crippen LogP contribution is 2.15. The average Bonchev–Trinajstić information content (AvgIpc) is 2.74. The molecule has 0 aliphatic heterocycles. The maximum Gasteiger partial charge on any atom is 0.225 e. The molecule has 0 saturated carbocycles. The van der Waals surface area contributed by atoms with Gasteiger partial charge in [0, 0.05) is 6.54 Å². The Kier molecular flexibility index (Phi) is 4.72. The maximum atomic E-state index is 5.53. The van der Waals surface area contributed by atoms with Crippen molar-refractivity contribution in [3.63, 3.8) is 0 Å². The van der Waals surface area contributed by atoms with Gasteiger partial charge in [0.05, 0.1) is 11.5 Å². The van der Waals surface area contributed by atoms with Crippen LogP contribution >= 0.6 is 11.8 Å². The molecule has 0 atom stereocenters. The Morgan fingerprint density at radius 1 is 1.15 bits per heavy atom. The van der Waals surface area contributed by atoms with E-state index in [4.69, 9.17) is 11.5 Å². The summed E-state index contributed by atoms with van der Waals surface area (Å²) in [7, 11) is 0. The molecule has 108 valence electrons. The van der Waals surface area contributed by atoms with E-state index in [1.165, 1.54) is 0 Å². The van der Waals surface area contributed by atoms with Crippen molar-refractivity contribution in [3.8, 4) is 0 Å². The van der Waals surface area contributed by atoms with Crippen LogP contribution in [0.5, 0.6) is 0 Å². The van der Waals surface area contributed by atoms with Gasteiger partial charge in [-0.3, -0.25) is 0 Å². The molecule has 0 fully saturated rings. The van der Waals surface area contributed by atoms with E-state index in [1.54, 1.807) is 18.1 Å². The van der Waals surface area contributed by atoms with Crippen LogP contribution in [0.15, 0.2) is 6.33 Å². The minimum Gasteiger partial charge on any atom is -0.368 e. The topological polar surface area (TPSA) is 121 Å². The fraction of sp³-hybridized carbons (Fsp3) is 0.545. The molecule has 20 heavy (non-hydrogen) atoms. The van der Waals surface area contributed by atoms with Crippen LogP contribution in [0.4, 0.5) is 11.9 Å². The maximum absolute atomic E-state index is 5.53. The van der Waals surface area contributed by atoms with Crippen LogP contribution in [0.25, 0.3) is 0 Å². The molecule has 0 radical (unpaired) electrons. The van der Waals surface area contributed by atoms with Gasteiger partial charge in [0.15, 0.2) is 0 Å². The molecular formula is C11H18N8S. The molecule has 0 bridgehead atoms. The van der Waals surface area contributed by atoms with Crippen LogP contribution in [0.3, 0.4) is 0 Å². The first-order valence-electron chi connectivity index (χ1n) is 6.25. The van der Waals surface area contributed by atoms with Gasteiger partial charge >= 0.3 is 0 Å². The van der Waals surface area contributed by atoms with E-state index in [2.05, 4.69) is 38.9 Å². The molecule has 0 aliphatic rings. The number of nitrogens with zero attached hydrogens (tertiary/aromatic N) is 6. The van der Waals surface area contributed by atoms with Gasteiger partial charge in [-0.15, -0.1) is 11.8 Å². The molecular weight excluding hydrogens is 276 g/mol. The first-order valence-corrected chi connectivity index (χ1v) is 7.40. The van der Waals surface area contributed by atoms with Crippen LogP contribution in [0.1, 0.15) is 25.5 Å². The Balaban J connectivity index is 1.91. The van der Waals surface area contributed by atoms with Gasteiger partial charge in [-0.05, 0) is 5.92 Å². The SMILES string of the molecule is CC(C)Cn1ncnc1CSCc1nc(N)nc(N)n1. The third-order valence-electron chi connectivity index (χ3n) is 2.41. The van der Waals surface area contributed by atoms with Gasteiger partial charge in [0.25, 0.3) is 0 Å². The van der Waals surface area contributed by atoms with E-state index in [0.717, 1.165) is 18.1 Å². The lowest BCUT2D eigenvalue weighted by atomic mass is 10.2. The summed E-state index contributed by atoms with van der Waals surface area (Å²) in [6.07, 6.45) is 1.58. The van der Waals surface area contributed by atoms with E-state index >= 15 is 0 Å². The molecule has 0 aliphatic carbocycles. The molecule has 0 amide bonds. The lowest BCUT2D eigenvalue weighted by molar-refractivity contribution is 0.471. The van der Waals surface area contributed by atoms with E-state index in [0.29, 0.717) is 17.5 Å². The lowest BCUT2D eigenvalue weighted by Crippen LogP contribution is -2.10. The minimum atomic E-state index is 0.149. The number of nitrogen functional groups attached to an aromatic ring is 2. The minimum absolute atomic E-state index is 0.149. The lowest BCUT2D eigenvalue weighted by Gasteiger charge is -2.08. The standard InChI is InChI=1S/C11H18N8S/c1-7(2)3-19-9(14-6-15-19)5-20-4-8-16-10(12)18-11(13)17-8/h6-7H,3-5H2,1-2H3,(H4,12,13,16,17,18). The highest BCUT2D eigenvalue weighted by atomic mass is 32.2. The number of thioether (sulfide) groups is 1. The third kappa shape index (κ3) is 4.05. The summed E-state index contributed by atoms with van der Waals surface area (Å²) in [4.78, 5) is 16.1. The monoisotopic (exact) mass is 294 g/mol. The second-order valence-corrected chi connectivity index (χ2v) is 5.70. The molecule has 2 rings (SSSR count). The molecule has 9 heteroatoms. The van der Waals surface area contributed by atoms with Crippen LogP contribution in [-0.2, 0) is 18.1 Å². The molecule has 8 nitrogen and oxygen atoms in total. The molecule has 0 unspecified atom stereocenters. The summed E-state index contributed by atoms with van der Waals surface area (Å²) >= 11 is 1.64. The number of aromatic nitrogens is 6. The first kappa shape index (κ1) is 14.5. The van der Waals surface area contributed by atoms with Crippen molar-refractivity contribution in [2.45, 2.75) is 31.9 Å². The van der Waals surface area contributed by atoms with Gasteiger partial charge in [-0.2, -0.15) is 20.1 Å². The Hall–Kier alpha value is -1.90. The smallest absolute Gasteiger partial charge is 0.225 e. The Bertz CT molecular complexity index is 547. The molecule has 0 aromatic carbocycles. The van der Waals surface area contributed by atoms with Crippen LogP contribution in [0, 0.1) is 5.92 Å². The first-order chi connectivity index (χ1) is 9.54. The fourth-order valence-electron chi connectivity index (χ4n) is 1.65. The summed E-state index contributed by atoms with van der Waals surface area (Å²) in [6.45, 7) is 5.16. The van der Waals surface area contributed by atoms with E-state index < -0.39 is 0 Å². The summed E-state index contributed by atoms with van der Waals surface area (Å²) in [6, 6.07) is 0. The van der Waals surface area contributed by atoms with Crippen LogP contribution in [0.2, 0.25) is 0 Å². The van der Waals surface area contributed by atoms with Crippen LogP contribution in [-0.4, -0.2) is 29.7 Å². The Morgan fingerprint density at radius 3 is 2.50 bits per heavy atom. The third-order valence-corrected chi connectivity index (χ3v) is 3.34. The van der Waals surface area contributed by atoms with Gasteiger partial charge in [-0.25, -0.2) is 9.67 Å². The summed E-state index contributed by atoms with van der Waals surface area (Å²) in [5.74, 6) is 3.69. The average molecular weight is 294 g/mol. The second kappa shape index (κ2) is 6.51. The second-order valence-electron chi connectivity index (χ2n) is 4.71. The summed E-state index contributed by atoms with van der Waals surface area (Å²) in [5, 5.41) is 4.22. The van der Waals surface area contributed by atoms with Crippen molar-refractivity contribution in [1.29, 1.82) is 0 Å². The van der Waals surface area contributed by atoms with Crippen molar-refractivity contribution in [2.75, 3.05) is 11.5 Å². The number of hydrogen-bond donors (Lipinski definition) is 2. The predicted octanol–water partition coefficient (Wildman–Crippen LogP) is 0.717.